The molecule has 1 amide bonds. The molecule has 1 unspecified atom stereocenters. The first-order valence-electron chi connectivity index (χ1n) is 7.33. The first-order chi connectivity index (χ1) is 10.7. The lowest BCUT2D eigenvalue weighted by atomic mass is 9.97. The fraction of sp³-hybridized carbons (Fsp3) is 0.222. The van der Waals surface area contributed by atoms with Crippen LogP contribution in [-0.4, -0.2) is 17.4 Å². The minimum Gasteiger partial charge on any atom is -0.329 e. The van der Waals surface area contributed by atoms with Gasteiger partial charge in [0.05, 0.1) is 5.92 Å². The zero-order chi connectivity index (χ0) is 15.9. The summed E-state index contributed by atoms with van der Waals surface area (Å²) in [6.45, 7) is 4.11. The van der Waals surface area contributed by atoms with Crippen LogP contribution in [0.4, 0.5) is 5.69 Å². The van der Waals surface area contributed by atoms with E-state index in [2.05, 4.69) is 10.3 Å². The lowest BCUT2D eigenvalue weighted by molar-refractivity contribution is -0.118. The third-order valence-corrected chi connectivity index (χ3v) is 3.56. The number of pyridine rings is 1. The Labute approximate surface area is 130 Å². The van der Waals surface area contributed by atoms with Crippen molar-refractivity contribution >= 4 is 22.4 Å². The second-order valence-corrected chi connectivity index (χ2v) is 5.00. The van der Waals surface area contributed by atoms with E-state index in [4.69, 9.17) is 5.73 Å². The summed E-state index contributed by atoms with van der Waals surface area (Å²) < 4.78 is 0. The maximum Gasteiger partial charge on any atom is 0.233 e. The summed E-state index contributed by atoms with van der Waals surface area (Å²) in [4.78, 5) is 16.6. The van der Waals surface area contributed by atoms with E-state index >= 15 is 0 Å². The number of hydrogen-bond acceptors (Lipinski definition) is 3. The minimum absolute atomic E-state index is 0.0953. The number of amides is 1. The molecule has 4 nitrogen and oxygen atoms in total. The highest BCUT2D eigenvalue weighted by Crippen LogP contribution is 2.20. The molecule has 0 aliphatic rings. The zero-order valence-corrected chi connectivity index (χ0v) is 12.9. The van der Waals surface area contributed by atoms with Gasteiger partial charge in [-0.1, -0.05) is 24.3 Å². The molecule has 4 heteroatoms. The van der Waals surface area contributed by atoms with Crippen LogP contribution < -0.4 is 11.1 Å². The van der Waals surface area contributed by atoms with E-state index < -0.39 is 0 Å². The highest BCUT2D eigenvalue weighted by atomic mass is 16.1. The largest absolute Gasteiger partial charge is 0.329 e. The predicted molar refractivity (Wildman–Crippen MR) is 91.5 cm³/mol. The van der Waals surface area contributed by atoms with Gasteiger partial charge in [0.2, 0.25) is 5.91 Å². The predicted octanol–water partition coefficient (Wildman–Crippen LogP) is 3.27. The second kappa shape index (κ2) is 7.52. The Bertz CT molecular complexity index is 719. The lowest BCUT2D eigenvalue weighted by Gasteiger charge is -2.16. The quantitative estimate of drug-likeness (QED) is 0.832. The SMILES string of the molecule is C/C=C\C(=C/C)C(CN)C(=O)Nc1ccc2cnccc2c1. The Morgan fingerprint density at radius 2 is 2.14 bits per heavy atom. The number of hydrogen-bond donors (Lipinski definition) is 2. The molecular weight excluding hydrogens is 274 g/mol. The van der Waals surface area contributed by atoms with E-state index in [1.54, 1.807) is 12.4 Å². The third-order valence-electron chi connectivity index (χ3n) is 3.56. The van der Waals surface area contributed by atoms with Gasteiger partial charge in [0.25, 0.3) is 0 Å². The van der Waals surface area contributed by atoms with Crippen LogP contribution in [0.15, 0.2) is 60.5 Å². The number of allylic oxidation sites excluding steroid dienone is 3. The number of rotatable bonds is 5. The van der Waals surface area contributed by atoms with Crippen LogP contribution in [0.3, 0.4) is 0 Å². The normalized spacial score (nSPS) is 13.5. The molecular formula is C18H21N3O. The van der Waals surface area contributed by atoms with Gasteiger partial charge in [-0.15, -0.1) is 0 Å². The number of benzene rings is 1. The van der Waals surface area contributed by atoms with E-state index in [0.29, 0.717) is 0 Å². The van der Waals surface area contributed by atoms with Crippen molar-refractivity contribution in [1.29, 1.82) is 0 Å². The smallest absolute Gasteiger partial charge is 0.233 e. The van der Waals surface area contributed by atoms with Crippen molar-refractivity contribution in [3.63, 3.8) is 0 Å². The lowest BCUT2D eigenvalue weighted by Crippen LogP contribution is -2.30. The Kier molecular flexibility index (Phi) is 5.44. The standard InChI is InChI=1S/C18H21N3O/c1-3-5-13(4-2)17(11-19)18(22)21-16-7-6-15-12-20-9-8-14(15)10-16/h3-10,12,17H,11,19H2,1-2H3,(H,21,22)/b5-3-,13-4+. The minimum atomic E-state index is -0.352. The average Bonchev–Trinajstić information content (AvgIpc) is 2.54. The summed E-state index contributed by atoms with van der Waals surface area (Å²) in [5.41, 5.74) is 7.47. The molecule has 1 atom stereocenters. The fourth-order valence-corrected chi connectivity index (χ4v) is 2.39. The highest BCUT2D eigenvalue weighted by Gasteiger charge is 2.19. The summed E-state index contributed by atoms with van der Waals surface area (Å²) in [7, 11) is 0. The molecule has 0 radical (unpaired) electrons. The molecule has 22 heavy (non-hydrogen) atoms. The topological polar surface area (TPSA) is 68.0 Å². The number of anilines is 1. The Morgan fingerprint density at radius 1 is 1.32 bits per heavy atom. The third kappa shape index (κ3) is 3.59. The maximum atomic E-state index is 12.5. The number of nitrogens with zero attached hydrogens (tertiary/aromatic N) is 1. The molecule has 0 aliphatic carbocycles. The second-order valence-electron chi connectivity index (χ2n) is 5.00. The number of nitrogens with two attached hydrogens (primary N) is 1. The molecule has 3 N–H and O–H groups in total. The van der Waals surface area contributed by atoms with Gasteiger partial charge in [-0.25, -0.2) is 0 Å². The molecule has 0 saturated carbocycles. The Hall–Kier alpha value is -2.46. The summed E-state index contributed by atoms with van der Waals surface area (Å²) in [6.07, 6.45) is 9.29. The number of fused-ring (bicyclic) bond motifs is 1. The van der Waals surface area contributed by atoms with Gasteiger partial charge < -0.3 is 11.1 Å². The van der Waals surface area contributed by atoms with Crippen LogP contribution in [0.2, 0.25) is 0 Å². The highest BCUT2D eigenvalue weighted by molar-refractivity contribution is 5.97. The molecule has 2 rings (SSSR count). The van der Waals surface area contributed by atoms with Gasteiger partial charge >= 0.3 is 0 Å². The zero-order valence-electron chi connectivity index (χ0n) is 12.9. The van der Waals surface area contributed by atoms with Crippen molar-refractivity contribution in [2.75, 3.05) is 11.9 Å². The fourth-order valence-electron chi connectivity index (χ4n) is 2.39. The maximum absolute atomic E-state index is 12.5. The first-order valence-corrected chi connectivity index (χ1v) is 7.33. The molecule has 0 fully saturated rings. The first kappa shape index (κ1) is 15.9. The van der Waals surface area contributed by atoms with Crippen LogP contribution in [-0.2, 0) is 4.79 Å². The summed E-state index contributed by atoms with van der Waals surface area (Å²) in [6, 6.07) is 7.68. The van der Waals surface area contributed by atoms with E-state index in [0.717, 1.165) is 22.0 Å². The van der Waals surface area contributed by atoms with Crippen molar-refractivity contribution in [3.8, 4) is 0 Å². The van der Waals surface area contributed by atoms with Crippen molar-refractivity contribution in [2.24, 2.45) is 11.7 Å². The van der Waals surface area contributed by atoms with E-state index in [1.807, 2.05) is 56.3 Å². The van der Waals surface area contributed by atoms with Crippen LogP contribution in [0.1, 0.15) is 13.8 Å². The molecule has 1 aromatic heterocycles. The van der Waals surface area contributed by atoms with Crippen molar-refractivity contribution in [3.05, 3.63) is 60.5 Å². The monoisotopic (exact) mass is 295 g/mol. The molecule has 0 aliphatic heterocycles. The molecule has 1 heterocycles. The molecule has 0 bridgehead atoms. The van der Waals surface area contributed by atoms with Gasteiger partial charge in [0, 0.05) is 30.0 Å². The average molecular weight is 295 g/mol. The Balaban J connectivity index is 2.21. The summed E-state index contributed by atoms with van der Waals surface area (Å²) >= 11 is 0. The van der Waals surface area contributed by atoms with Crippen molar-refractivity contribution in [1.82, 2.24) is 4.98 Å². The van der Waals surface area contributed by atoms with E-state index in [1.165, 1.54) is 0 Å². The molecule has 114 valence electrons. The van der Waals surface area contributed by atoms with Gasteiger partial charge in [0.1, 0.15) is 0 Å². The number of carbonyl (C=O) groups is 1. The number of nitrogens with one attached hydrogen (secondary N) is 1. The summed E-state index contributed by atoms with van der Waals surface area (Å²) in [5.74, 6) is -0.448. The molecule has 1 aromatic carbocycles. The van der Waals surface area contributed by atoms with Crippen LogP contribution >= 0.6 is 0 Å². The van der Waals surface area contributed by atoms with Crippen molar-refractivity contribution < 1.29 is 4.79 Å². The van der Waals surface area contributed by atoms with Crippen LogP contribution in [0.25, 0.3) is 10.8 Å². The molecule has 0 spiro atoms. The number of carbonyl (C=O) groups excluding carboxylic acids is 1. The van der Waals surface area contributed by atoms with Crippen LogP contribution in [0.5, 0.6) is 0 Å². The van der Waals surface area contributed by atoms with Crippen LogP contribution in [0, 0.1) is 5.92 Å². The Morgan fingerprint density at radius 3 is 2.82 bits per heavy atom. The number of aromatic nitrogens is 1. The molecule has 2 aromatic rings. The van der Waals surface area contributed by atoms with Gasteiger partial charge in [-0.05, 0) is 43.0 Å². The van der Waals surface area contributed by atoms with E-state index in [-0.39, 0.29) is 18.4 Å². The van der Waals surface area contributed by atoms with Gasteiger partial charge in [-0.2, -0.15) is 0 Å². The van der Waals surface area contributed by atoms with Gasteiger partial charge in [0.15, 0.2) is 0 Å². The van der Waals surface area contributed by atoms with Crippen molar-refractivity contribution in [2.45, 2.75) is 13.8 Å². The summed E-state index contributed by atoms with van der Waals surface area (Å²) in [5, 5.41) is 5.02. The van der Waals surface area contributed by atoms with Gasteiger partial charge in [-0.3, -0.25) is 9.78 Å². The van der Waals surface area contributed by atoms with E-state index in [9.17, 15) is 4.79 Å². The molecule has 0 saturated heterocycles.